The van der Waals surface area contributed by atoms with Crippen molar-refractivity contribution in [3.63, 3.8) is 0 Å². The summed E-state index contributed by atoms with van der Waals surface area (Å²) in [5.74, 6) is 0.00782. The Bertz CT molecular complexity index is 978. The third-order valence-electron chi connectivity index (χ3n) is 3.28. The van der Waals surface area contributed by atoms with Crippen molar-refractivity contribution in [3.8, 4) is 0 Å². The number of rotatable bonds is 5. The van der Waals surface area contributed by atoms with Crippen LogP contribution in [0.5, 0.6) is 0 Å². The molecule has 1 aromatic heterocycles. The average Bonchev–Trinajstić information content (AvgIpc) is 2.59. The summed E-state index contributed by atoms with van der Waals surface area (Å²) in [6.07, 6.45) is 1.38. The Morgan fingerprint density at radius 1 is 0.960 bits per heavy atom. The SMILES string of the molecule is O=S(=O)(Nc1ccc(Nc2ccccc2Cl)nc1)c1ccc(F)cc1. The summed E-state index contributed by atoms with van der Waals surface area (Å²) in [7, 11) is -3.81. The molecule has 0 aliphatic carbocycles. The van der Waals surface area contributed by atoms with E-state index in [-0.39, 0.29) is 10.6 Å². The molecule has 0 fully saturated rings. The molecular formula is C17H13ClFN3O2S. The zero-order valence-electron chi connectivity index (χ0n) is 12.8. The van der Waals surface area contributed by atoms with Crippen molar-refractivity contribution in [2.45, 2.75) is 4.90 Å². The fourth-order valence-corrected chi connectivity index (χ4v) is 3.28. The number of pyridine rings is 1. The Balaban J connectivity index is 1.74. The van der Waals surface area contributed by atoms with E-state index in [0.717, 1.165) is 12.1 Å². The van der Waals surface area contributed by atoms with Gasteiger partial charge < -0.3 is 5.32 Å². The van der Waals surface area contributed by atoms with Crippen LogP contribution in [0.25, 0.3) is 0 Å². The number of halogens is 2. The van der Waals surface area contributed by atoms with Gasteiger partial charge in [-0.1, -0.05) is 23.7 Å². The lowest BCUT2D eigenvalue weighted by molar-refractivity contribution is 0.599. The molecule has 0 saturated carbocycles. The molecule has 3 rings (SSSR count). The van der Waals surface area contributed by atoms with Crippen LogP contribution in [0.4, 0.5) is 21.6 Å². The number of para-hydroxylation sites is 1. The van der Waals surface area contributed by atoms with E-state index in [1.54, 1.807) is 24.3 Å². The van der Waals surface area contributed by atoms with Crippen LogP contribution in [0, 0.1) is 5.82 Å². The lowest BCUT2D eigenvalue weighted by Crippen LogP contribution is -2.13. The third kappa shape index (κ3) is 4.26. The van der Waals surface area contributed by atoms with Crippen molar-refractivity contribution in [1.82, 2.24) is 4.98 Å². The van der Waals surface area contributed by atoms with Crippen molar-refractivity contribution in [1.29, 1.82) is 0 Å². The molecule has 0 radical (unpaired) electrons. The van der Waals surface area contributed by atoms with Crippen LogP contribution in [0.3, 0.4) is 0 Å². The number of nitrogens with zero attached hydrogens (tertiary/aromatic N) is 1. The molecule has 0 bridgehead atoms. The van der Waals surface area contributed by atoms with E-state index < -0.39 is 15.8 Å². The van der Waals surface area contributed by atoms with Gasteiger partial charge in [0.2, 0.25) is 0 Å². The maximum atomic E-state index is 12.9. The van der Waals surface area contributed by atoms with Crippen molar-refractivity contribution in [2.24, 2.45) is 0 Å². The summed E-state index contributed by atoms with van der Waals surface area (Å²) < 4.78 is 39.8. The van der Waals surface area contributed by atoms with Crippen molar-refractivity contribution >= 4 is 38.8 Å². The largest absolute Gasteiger partial charge is 0.339 e. The molecule has 128 valence electrons. The molecule has 3 aromatic rings. The minimum atomic E-state index is -3.81. The number of nitrogens with one attached hydrogen (secondary N) is 2. The molecule has 2 aromatic carbocycles. The zero-order chi connectivity index (χ0) is 17.9. The van der Waals surface area contributed by atoms with Gasteiger partial charge in [-0.05, 0) is 48.5 Å². The van der Waals surface area contributed by atoms with Gasteiger partial charge in [-0.2, -0.15) is 0 Å². The molecule has 0 spiro atoms. The molecule has 0 amide bonds. The van der Waals surface area contributed by atoms with Crippen molar-refractivity contribution < 1.29 is 12.8 Å². The number of aromatic nitrogens is 1. The molecule has 1 heterocycles. The van der Waals surface area contributed by atoms with E-state index in [1.807, 2.05) is 12.1 Å². The lowest BCUT2D eigenvalue weighted by Gasteiger charge is -2.10. The van der Waals surface area contributed by atoms with E-state index in [2.05, 4.69) is 15.0 Å². The standard InChI is InChI=1S/C17H13ClFN3O2S/c18-15-3-1-2-4-16(15)21-17-10-7-13(11-20-17)22-25(23,24)14-8-5-12(19)6-9-14/h1-11,22H,(H,20,21). The third-order valence-corrected chi connectivity index (χ3v) is 5.00. The minimum Gasteiger partial charge on any atom is -0.339 e. The highest BCUT2D eigenvalue weighted by molar-refractivity contribution is 7.92. The molecular weight excluding hydrogens is 365 g/mol. The summed E-state index contributed by atoms with van der Waals surface area (Å²) in [4.78, 5) is 4.12. The van der Waals surface area contributed by atoms with Crippen LogP contribution in [0.1, 0.15) is 0 Å². The monoisotopic (exact) mass is 377 g/mol. The van der Waals surface area contributed by atoms with Gasteiger partial charge in [-0.3, -0.25) is 4.72 Å². The summed E-state index contributed by atoms with van der Waals surface area (Å²) in [6.45, 7) is 0. The normalized spacial score (nSPS) is 11.1. The fourth-order valence-electron chi connectivity index (χ4n) is 2.06. The summed E-state index contributed by atoms with van der Waals surface area (Å²) in [5.41, 5.74) is 0.977. The predicted octanol–water partition coefficient (Wildman–Crippen LogP) is 4.42. The van der Waals surface area contributed by atoms with E-state index in [4.69, 9.17) is 11.6 Å². The summed E-state index contributed by atoms with van der Waals surface area (Å²) in [5, 5.41) is 3.58. The molecule has 0 unspecified atom stereocenters. The maximum absolute atomic E-state index is 12.9. The summed E-state index contributed by atoms with van der Waals surface area (Å²) in [6, 6.07) is 14.9. The number of hydrogen-bond acceptors (Lipinski definition) is 4. The minimum absolute atomic E-state index is 0.0350. The second-order valence-corrected chi connectivity index (χ2v) is 7.19. The van der Waals surface area contributed by atoms with Gasteiger partial charge in [-0.25, -0.2) is 17.8 Å². The molecule has 0 aliphatic heterocycles. The zero-order valence-corrected chi connectivity index (χ0v) is 14.4. The van der Waals surface area contributed by atoms with Gasteiger partial charge in [0.15, 0.2) is 0 Å². The van der Waals surface area contributed by atoms with Crippen LogP contribution in [-0.2, 0) is 10.0 Å². The molecule has 0 aliphatic rings. The van der Waals surface area contributed by atoms with Crippen LogP contribution in [-0.4, -0.2) is 13.4 Å². The number of benzene rings is 2. The first-order chi connectivity index (χ1) is 11.9. The Morgan fingerprint density at radius 3 is 2.32 bits per heavy atom. The van der Waals surface area contributed by atoms with Crippen LogP contribution >= 0.6 is 11.6 Å². The quantitative estimate of drug-likeness (QED) is 0.690. The highest BCUT2D eigenvalue weighted by Gasteiger charge is 2.14. The number of anilines is 3. The number of hydrogen-bond donors (Lipinski definition) is 2. The van der Waals surface area contributed by atoms with E-state index in [9.17, 15) is 12.8 Å². The van der Waals surface area contributed by atoms with Gasteiger partial charge in [-0.15, -0.1) is 0 Å². The van der Waals surface area contributed by atoms with Gasteiger partial charge in [0.05, 0.1) is 27.5 Å². The first kappa shape index (κ1) is 17.2. The van der Waals surface area contributed by atoms with Crippen LogP contribution in [0.15, 0.2) is 71.8 Å². The Labute approximate surface area is 149 Å². The average molecular weight is 378 g/mol. The lowest BCUT2D eigenvalue weighted by atomic mass is 10.3. The maximum Gasteiger partial charge on any atom is 0.261 e. The van der Waals surface area contributed by atoms with Gasteiger partial charge in [0.25, 0.3) is 10.0 Å². The fraction of sp³-hybridized carbons (Fsp3) is 0. The van der Waals surface area contributed by atoms with E-state index >= 15 is 0 Å². The Morgan fingerprint density at radius 2 is 1.68 bits per heavy atom. The highest BCUT2D eigenvalue weighted by atomic mass is 35.5. The van der Waals surface area contributed by atoms with Gasteiger partial charge >= 0.3 is 0 Å². The second-order valence-electron chi connectivity index (χ2n) is 5.10. The molecule has 5 nitrogen and oxygen atoms in total. The predicted molar refractivity (Wildman–Crippen MR) is 96.2 cm³/mol. The first-order valence-corrected chi connectivity index (χ1v) is 9.06. The van der Waals surface area contributed by atoms with Gasteiger partial charge in [0.1, 0.15) is 11.6 Å². The van der Waals surface area contributed by atoms with Crippen molar-refractivity contribution in [2.75, 3.05) is 10.0 Å². The molecule has 0 saturated heterocycles. The topological polar surface area (TPSA) is 71.1 Å². The Hall–Kier alpha value is -2.64. The Kier molecular flexibility index (Phi) is 4.87. The molecule has 8 heteroatoms. The number of sulfonamides is 1. The molecule has 0 atom stereocenters. The van der Waals surface area contributed by atoms with Crippen LogP contribution < -0.4 is 10.0 Å². The highest BCUT2D eigenvalue weighted by Crippen LogP contribution is 2.24. The summed E-state index contributed by atoms with van der Waals surface area (Å²) >= 11 is 6.06. The first-order valence-electron chi connectivity index (χ1n) is 7.20. The van der Waals surface area contributed by atoms with E-state index in [0.29, 0.717) is 16.5 Å². The van der Waals surface area contributed by atoms with Crippen LogP contribution in [0.2, 0.25) is 5.02 Å². The smallest absolute Gasteiger partial charge is 0.261 e. The van der Waals surface area contributed by atoms with Crippen molar-refractivity contribution in [3.05, 3.63) is 77.7 Å². The molecule has 25 heavy (non-hydrogen) atoms. The molecule has 2 N–H and O–H groups in total. The van der Waals surface area contributed by atoms with Gasteiger partial charge in [0, 0.05) is 0 Å². The second kappa shape index (κ2) is 7.08. The van der Waals surface area contributed by atoms with E-state index in [1.165, 1.54) is 18.3 Å².